The fourth-order valence-corrected chi connectivity index (χ4v) is 2.53. The van der Waals surface area contributed by atoms with E-state index in [1.54, 1.807) is 13.4 Å². The van der Waals surface area contributed by atoms with E-state index >= 15 is 0 Å². The van der Waals surface area contributed by atoms with Crippen LogP contribution in [0, 0.1) is 6.92 Å². The fraction of sp³-hybridized carbons (Fsp3) is 0.692. The largest absolute Gasteiger partial charge is 0.481 e. The van der Waals surface area contributed by atoms with Gasteiger partial charge < -0.3 is 15.0 Å². The maximum atomic E-state index is 5.28. The van der Waals surface area contributed by atoms with E-state index in [1.165, 1.54) is 6.42 Å². The van der Waals surface area contributed by atoms with Gasteiger partial charge in [0.15, 0.2) is 0 Å². The third kappa shape index (κ3) is 2.56. The number of hydrogen-bond acceptors (Lipinski definition) is 5. The Morgan fingerprint density at radius 3 is 2.94 bits per heavy atom. The van der Waals surface area contributed by atoms with Crippen LogP contribution >= 0.6 is 0 Å². The van der Waals surface area contributed by atoms with E-state index in [1.807, 2.05) is 6.92 Å². The summed E-state index contributed by atoms with van der Waals surface area (Å²) < 4.78 is 5.28. The van der Waals surface area contributed by atoms with Crippen LogP contribution in [0.3, 0.4) is 0 Å². The maximum absolute atomic E-state index is 5.28. The standard InChI is InChI=1S/C13H22N4O/c1-4-7-17(11-5-6-14-8-11)12-10(2)13(18-3)16-9-15-12/h9,11,14H,4-8H2,1-3H3. The van der Waals surface area contributed by atoms with Gasteiger partial charge in [-0.2, -0.15) is 0 Å². The van der Waals surface area contributed by atoms with Crippen molar-refractivity contribution in [1.82, 2.24) is 15.3 Å². The minimum Gasteiger partial charge on any atom is -0.481 e. The summed E-state index contributed by atoms with van der Waals surface area (Å²) in [7, 11) is 1.65. The molecule has 5 nitrogen and oxygen atoms in total. The van der Waals surface area contributed by atoms with E-state index in [9.17, 15) is 0 Å². The first kappa shape index (κ1) is 13.1. The molecular weight excluding hydrogens is 228 g/mol. The van der Waals surface area contributed by atoms with E-state index in [2.05, 4.69) is 27.1 Å². The number of aromatic nitrogens is 2. The predicted octanol–water partition coefficient (Wildman–Crippen LogP) is 1.37. The summed E-state index contributed by atoms with van der Waals surface area (Å²) in [4.78, 5) is 11.0. The van der Waals surface area contributed by atoms with Crippen molar-refractivity contribution < 1.29 is 4.74 Å². The van der Waals surface area contributed by atoms with E-state index in [0.717, 1.165) is 37.4 Å². The summed E-state index contributed by atoms with van der Waals surface area (Å²) in [5.74, 6) is 1.68. The zero-order chi connectivity index (χ0) is 13.0. The number of hydrogen-bond donors (Lipinski definition) is 1. The van der Waals surface area contributed by atoms with Crippen LogP contribution in [0.4, 0.5) is 5.82 Å². The zero-order valence-corrected chi connectivity index (χ0v) is 11.4. The summed E-state index contributed by atoms with van der Waals surface area (Å²) in [6.45, 7) is 7.37. The number of methoxy groups -OCH3 is 1. The highest BCUT2D eigenvalue weighted by molar-refractivity contribution is 5.51. The number of ether oxygens (including phenoxy) is 1. The average molecular weight is 250 g/mol. The van der Waals surface area contributed by atoms with Gasteiger partial charge in [-0.15, -0.1) is 0 Å². The van der Waals surface area contributed by atoms with Crippen LogP contribution in [-0.4, -0.2) is 42.8 Å². The first-order valence-corrected chi connectivity index (χ1v) is 6.60. The second-order valence-electron chi connectivity index (χ2n) is 4.67. The minimum absolute atomic E-state index is 0.531. The SMILES string of the molecule is CCCN(c1ncnc(OC)c1C)C1CCNC1. The van der Waals surface area contributed by atoms with Gasteiger partial charge in [0, 0.05) is 19.1 Å². The molecule has 2 rings (SSSR count). The van der Waals surface area contributed by atoms with Gasteiger partial charge in [-0.05, 0) is 26.3 Å². The average Bonchev–Trinajstić information content (AvgIpc) is 2.90. The third-order valence-electron chi connectivity index (χ3n) is 3.42. The van der Waals surface area contributed by atoms with Crippen LogP contribution < -0.4 is 15.0 Å². The van der Waals surface area contributed by atoms with Gasteiger partial charge in [-0.1, -0.05) is 6.92 Å². The van der Waals surface area contributed by atoms with E-state index < -0.39 is 0 Å². The molecule has 0 radical (unpaired) electrons. The van der Waals surface area contributed by atoms with Crippen molar-refractivity contribution in [1.29, 1.82) is 0 Å². The van der Waals surface area contributed by atoms with Gasteiger partial charge >= 0.3 is 0 Å². The van der Waals surface area contributed by atoms with E-state index in [0.29, 0.717) is 11.9 Å². The minimum atomic E-state index is 0.531. The first-order chi connectivity index (χ1) is 8.77. The molecule has 5 heteroatoms. The van der Waals surface area contributed by atoms with Gasteiger partial charge in [0.05, 0.1) is 12.7 Å². The van der Waals surface area contributed by atoms with Crippen molar-refractivity contribution >= 4 is 5.82 Å². The van der Waals surface area contributed by atoms with E-state index in [-0.39, 0.29) is 0 Å². The summed E-state index contributed by atoms with van der Waals surface area (Å²) in [5, 5.41) is 3.41. The molecular formula is C13H22N4O. The van der Waals surface area contributed by atoms with Crippen molar-refractivity contribution in [2.75, 3.05) is 31.6 Å². The highest BCUT2D eigenvalue weighted by Gasteiger charge is 2.25. The second-order valence-corrected chi connectivity index (χ2v) is 4.67. The molecule has 1 aliphatic rings. The monoisotopic (exact) mass is 250 g/mol. The zero-order valence-electron chi connectivity index (χ0n) is 11.4. The fourth-order valence-electron chi connectivity index (χ4n) is 2.53. The lowest BCUT2D eigenvalue weighted by atomic mass is 10.2. The molecule has 100 valence electrons. The molecule has 0 saturated carbocycles. The highest BCUT2D eigenvalue weighted by atomic mass is 16.5. The molecule has 0 aromatic carbocycles. The summed E-state index contributed by atoms with van der Waals surface area (Å²) >= 11 is 0. The van der Waals surface area contributed by atoms with Crippen LogP contribution in [0.2, 0.25) is 0 Å². The Bertz CT molecular complexity index is 391. The topological polar surface area (TPSA) is 50.3 Å². The molecule has 0 spiro atoms. The molecule has 0 amide bonds. The lowest BCUT2D eigenvalue weighted by molar-refractivity contribution is 0.393. The number of rotatable bonds is 5. The molecule has 1 saturated heterocycles. The van der Waals surface area contributed by atoms with Gasteiger partial charge in [-0.25, -0.2) is 9.97 Å². The lowest BCUT2D eigenvalue weighted by Crippen LogP contribution is -2.38. The van der Waals surface area contributed by atoms with Crippen molar-refractivity contribution in [2.24, 2.45) is 0 Å². The first-order valence-electron chi connectivity index (χ1n) is 6.60. The van der Waals surface area contributed by atoms with Crippen molar-refractivity contribution in [3.05, 3.63) is 11.9 Å². The Hall–Kier alpha value is -1.36. The normalized spacial score (nSPS) is 18.9. The molecule has 1 atom stereocenters. The van der Waals surface area contributed by atoms with Crippen LogP contribution in [-0.2, 0) is 0 Å². The van der Waals surface area contributed by atoms with Crippen LogP contribution in [0.15, 0.2) is 6.33 Å². The van der Waals surface area contributed by atoms with E-state index in [4.69, 9.17) is 4.74 Å². The van der Waals surface area contributed by atoms with Gasteiger partial charge in [0.25, 0.3) is 0 Å². The van der Waals surface area contributed by atoms with Crippen molar-refractivity contribution in [3.8, 4) is 5.88 Å². The van der Waals surface area contributed by atoms with Gasteiger partial charge in [-0.3, -0.25) is 0 Å². The molecule has 1 N–H and O–H groups in total. The van der Waals surface area contributed by atoms with Gasteiger partial charge in [0.1, 0.15) is 12.1 Å². The molecule has 1 aromatic heterocycles. The maximum Gasteiger partial charge on any atom is 0.221 e. The molecule has 1 fully saturated rings. The highest BCUT2D eigenvalue weighted by Crippen LogP contribution is 2.26. The molecule has 0 bridgehead atoms. The molecule has 2 heterocycles. The van der Waals surface area contributed by atoms with Crippen LogP contribution in [0.25, 0.3) is 0 Å². The quantitative estimate of drug-likeness (QED) is 0.855. The number of nitrogens with one attached hydrogen (secondary N) is 1. The van der Waals surface area contributed by atoms with Crippen LogP contribution in [0.5, 0.6) is 5.88 Å². The summed E-state index contributed by atoms with van der Waals surface area (Å²) in [5.41, 5.74) is 1.03. The molecule has 1 aromatic rings. The molecule has 1 aliphatic heterocycles. The lowest BCUT2D eigenvalue weighted by Gasteiger charge is -2.30. The van der Waals surface area contributed by atoms with Gasteiger partial charge in [0.2, 0.25) is 5.88 Å². The molecule has 18 heavy (non-hydrogen) atoms. The number of nitrogens with zero attached hydrogens (tertiary/aromatic N) is 3. The Kier molecular flexibility index (Phi) is 4.36. The Morgan fingerprint density at radius 2 is 2.33 bits per heavy atom. The Morgan fingerprint density at radius 1 is 1.50 bits per heavy atom. The number of anilines is 1. The second kappa shape index (κ2) is 6.00. The smallest absolute Gasteiger partial charge is 0.221 e. The molecule has 0 aliphatic carbocycles. The van der Waals surface area contributed by atoms with Crippen molar-refractivity contribution in [3.63, 3.8) is 0 Å². The predicted molar refractivity (Wildman–Crippen MR) is 72.2 cm³/mol. The summed E-state index contributed by atoms with van der Waals surface area (Å²) in [6.07, 6.45) is 3.88. The third-order valence-corrected chi connectivity index (χ3v) is 3.42. The Balaban J connectivity index is 2.29. The summed E-state index contributed by atoms with van der Waals surface area (Å²) in [6, 6.07) is 0.531. The van der Waals surface area contributed by atoms with Crippen LogP contribution in [0.1, 0.15) is 25.3 Å². The van der Waals surface area contributed by atoms with Crippen molar-refractivity contribution in [2.45, 2.75) is 32.7 Å². The Labute approximate surface area is 109 Å². The molecule has 1 unspecified atom stereocenters.